The maximum atomic E-state index is 9.09. The number of carbonyl (C=O) groups excluding carboxylic acids is 2. The van der Waals surface area contributed by atoms with Crippen LogP contribution in [0, 0.1) is 0 Å². The second-order valence-electron chi connectivity index (χ2n) is 0.676. The van der Waals surface area contributed by atoms with E-state index >= 15 is 0 Å². The quantitative estimate of drug-likeness (QED) is 0.334. The second kappa shape index (κ2) is 11.0. The molecule has 0 fully saturated rings. The Morgan fingerprint density at radius 3 is 1.00 bits per heavy atom. The molecule has 0 unspecified atom stereocenters. The van der Waals surface area contributed by atoms with Gasteiger partial charge in [-0.1, -0.05) is 25.3 Å². The Morgan fingerprint density at radius 1 is 1.00 bits per heavy atom. The normalized spacial score (nSPS) is 5.56. The van der Waals surface area contributed by atoms with Crippen LogP contribution >= 0.6 is 25.3 Å². The topological polar surface area (TPSA) is 86.2 Å². The summed E-state index contributed by atoms with van der Waals surface area (Å²) in [5.74, 6) is 0. The van der Waals surface area contributed by atoms with E-state index in [4.69, 9.17) is 9.59 Å². The van der Waals surface area contributed by atoms with E-state index in [1.165, 1.54) is 0 Å². The molecule has 56 valence electrons. The molecule has 9 heavy (non-hydrogen) atoms. The third-order valence-electron chi connectivity index (χ3n) is 0. The molecule has 0 aromatic heterocycles. The number of amides is 2. The molecule has 0 heterocycles. The number of primary amides is 2. The number of rotatable bonds is 0. The van der Waals surface area contributed by atoms with Crippen LogP contribution in [-0.4, -0.2) is 10.5 Å². The Balaban J connectivity index is -0.0000000720. The number of hydrogen-bond donors (Lipinski definition) is 4. The summed E-state index contributed by atoms with van der Waals surface area (Å²) in [7, 11) is 0. The molecule has 0 rings (SSSR count). The van der Waals surface area contributed by atoms with Gasteiger partial charge in [-0.2, -0.15) is 0 Å². The van der Waals surface area contributed by atoms with Crippen LogP contribution in [0.4, 0.5) is 9.59 Å². The van der Waals surface area contributed by atoms with Gasteiger partial charge in [0.05, 0.1) is 0 Å². The van der Waals surface area contributed by atoms with Crippen LogP contribution in [0.1, 0.15) is 0 Å². The van der Waals surface area contributed by atoms with Crippen molar-refractivity contribution in [2.75, 3.05) is 0 Å². The summed E-state index contributed by atoms with van der Waals surface area (Å²) in [6.45, 7) is 0. The first-order chi connectivity index (χ1) is 3.46. The predicted octanol–water partition coefficient (Wildman–Crippen LogP) is -0.0127. The van der Waals surface area contributed by atoms with Crippen molar-refractivity contribution in [1.82, 2.24) is 0 Å². The molecular weight excluding hydrogens is 204 g/mol. The van der Waals surface area contributed by atoms with Gasteiger partial charge in [0.15, 0.2) is 0 Å². The second-order valence-corrected chi connectivity index (χ2v) is 1.56. The van der Waals surface area contributed by atoms with Crippen molar-refractivity contribution in [3.05, 3.63) is 0 Å². The van der Waals surface area contributed by atoms with Gasteiger partial charge >= 0.3 is 0 Å². The van der Waals surface area contributed by atoms with Gasteiger partial charge in [-0.25, -0.2) is 0 Å². The number of hydrogen-bond acceptors (Lipinski definition) is 2. The summed E-state index contributed by atoms with van der Waals surface area (Å²) in [6.07, 6.45) is 0. The molecule has 0 saturated heterocycles. The molecule has 0 atom stereocenters. The molecule has 0 aliphatic rings. The van der Waals surface area contributed by atoms with Gasteiger partial charge in [0.25, 0.3) is 10.5 Å². The summed E-state index contributed by atoms with van der Waals surface area (Å²) in [5.41, 5.74) is 8.67. The zero-order valence-electron chi connectivity index (χ0n) is 4.22. The molecule has 4 N–H and O–H groups in total. The van der Waals surface area contributed by atoms with Gasteiger partial charge in [0.1, 0.15) is 0 Å². The van der Waals surface area contributed by atoms with Crippen molar-refractivity contribution in [3.8, 4) is 0 Å². The van der Waals surface area contributed by atoms with Crippen LogP contribution in [0.2, 0.25) is 0 Å². The van der Waals surface area contributed by atoms with Crippen LogP contribution in [-0.2, 0) is 17.1 Å². The minimum atomic E-state index is -0.639. The van der Waals surface area contributed by atoms with Crippen molar-refractivity contribution in [2.45, 2.75) is 0 Å². The first kappa shape index (κ1) is 16.1. The van der Waals surface area contributed by atoms with E-state index in [9.17, 15) is 0 Å². The third-order valence-corrected chi connectivity index (χ3v) is 0. The Bertz CT molecular complexity index is 78.6. The van der Waals surface area contributed by atoms with Crippen molar-refractivity contribution in [2.24, 2.45) is 11.5 Å². The van der Waals surface area contributed by atoms with Crippen LogP contribution in [0.3, 0.4) is 0 Å². The summed E-state index contributed by atoms with van der Waals surface area (Å²) in [6, 6.07) is 0. The third kappa shape index (κ3) is 12200. The van der Waals surface area contributed by atoms with Crippen LogP contribution < -0.4 is 11.5 Å². The van der Waals surface area contributed by atoms with E-state index in [2.05, 4.69) is 36.7 Å². The number of nitrogens with two attached hydrogens (primary N) is 2. The predicted molar refractivity (Wildman–Crippen MR) is 37.1 cm³/mol. The summed E-state index contributed by atoms with van der Waals surface area (Å²) < 4.78 is 0. The van der Waals surface area contributed by atoms with E-state index in [0.29, 0.717) is 0 Å². The van der Waals surface area contributed by atoms with E-state index in [0.717, 1.165) is 0 Å². The molecule has 2 amide bonds. The zero-order valence-corrected chi connectivity index (χ0v) is 7.11. The molecule has 0 saturated carbocycles. The molecule has 7 heteroatoms. The molecule has 0 aliphatic carbocycles. The number of thiol groups is 2. The fourth-order valence-corrected chi connectivity index (χ4v) is 0. The Morgan fingerprint density at radius 2 is 1.00 bits per heavy atom. The monoisotopic (exact) mass is 210 g/mol. The van der Waals surface area contributed by atoms with E-state index in [-0.39, 0.29) is 17.1 Å². The molecule has 0 spiro atoms. The smallest absolute Gasteiger partial charge is 0.273 e. The van der Waals surface area contributed by atoms with Crippen LogP contribution in [0.25, 0.3) is 0 Å². The van der Waals surface area contributed by atoms with Crippen molar-refractivity contribution < 1.29 is 26.7 Å². The van der Waals surface area contributed by atoms with Gasteiger partial charge < -0.3 is 11.5 Å². The van der Waals surface area contributed by atoms with Gasteiger partial charge in [0, 0.05) is 17.1 Å². The standard InChI is InChI=1S/2CH3NOS.Fe/c2*2-1(3)4;/h2*(H3,2,3,4);. The van der Waals surface area contributed by atoms with Crippen LogP contribution in [0.5, 0.6) is 0 Å². The van der Waals surface area contributed by atoms with E-state index < -0.39 is 10.5 Å². The fraction of sp³-hybridized carbons (Fsp3) is 0. The fourth-order valence-electron chi connectivity index (χ4n) is 0. The molecule has 0 bridgehead atoms. The minimum absolute atomic E-state index is 0. The Labute approximate surface area is 74.0 Å². The maximum Gasteiger partial charge on any atom is 0.273 e. The summed E-state index contributed by atoms with van der Waals surface area (Å²) in [5, 5.41) is -1.28. The summed E-state index contributed by atoms with van der Waals surface area (Å²) >= 11 is 6.21. The molecule has 0 aliphatic heterocycles. The van der Waals surface area contributed by atoms with Gasteiger partial charge in [-0.15, -0.1) is 0 Å². The average Bonchev–Trinajstić information content (AvgIpc) is 1.25. The zero-order chi connectivity index (χ0) is 7.15. The number of carbonyl (C=O) groups is 2. The van der Waals surface area contributed by atoms with E-state index in [1.807, 2.05) is 0 Å². The van der Waals surface area contributed by atoms with Crippen molar-refractivity contribution >= 4 is 35.7 Å². The van der Waals surface area contributed by atoms with Gasteiger partial charge in [-0.05, 0) is 0 Å². The Hall–Kier alpha value is 0.159. The molecule has 0 aromatic rings. The van der Waals surface area contributed by atoms with Crippen molar-refractivity contribution in [3.63, 3.8) is 0 Å². The molecule has 0 aromatic carbocycles. The molecule has 4 nitrogen and oxygen atoms in total. The van der Waals surface area contributed by atoms with Gasteiger partial charge in [-0.3, -0.25) is 9.59 Å². The maximum absolute atomic E-state index is 9.09. The Kier molecular flexibility index (Phi) is 19.7. The minimum Gasteiger partial charge on any atom is -0.361 e. The first-order valence-electron chi connectivity index (χ1n) is 1.43. The SMILES string of the molecule is NC(=O)S.NC(=O)S.[Fe]. The van der Waals surface area contributed by atoms with E-state index in [1.54, 1.807) is 0 Å². The molecule has 0 radical (unpaired) electrons. The summed E-state index contributed by atoms with van der Waals surface area (Å²) in [4.78, 5) is 18.2. The van der Waals surface area contributed by atoms with Gasteiger partial charge in [0.2, 0.25) is 0 Å². The van der Waals surface area contributed by atoms with Crippen LogP contribution in [0.15, 0.2) is 0 Å². The first-order valence-corrected chi connectivity index (χ1v) is 2.33. The largest absolute Gasteiger partial charge is 0.361 e. The van der Waals surface area contributed by atoms with Crippen molar-refractivity contribution in [1.29, 1.82) is 0 Å². The molecular formula is C2H6FeN2O2S2. The average molecular weight is 210 g/mol.